The Morgan fingerprint density at radius 1 is 1.19 bits per heavy atom. The molecule has 0 amide bonds. The fourth-order valence-corrected chi connectivity index (χ4v) is 2.01. The summed E-state index contributed by atoms with van der Waals surface area (Å²) >= 11 is 0. The summed E-state index contributed by atoms with van der Waals surface area (Å²) in [5, 5.41) is 9.16. The predicted octanol–water partition coefficient (Wildman–Crippen LogP) is 4.14. The van der Waals surface area contributed by atoms with Crippen LogP contribution < -0.4 is 0 Å². The van der Waals surface area contributed by atoms with Gasteiger partial charge in [-0.15, -0.1) is 5.73 Å². The second kappa shape index (κ2) is 5.05. The first-order valence-electron chi connectivity index (χ1n) is 5.97. The summed E-state index contributed by atoms with van der Waals surface area (Å²) in [6.45, 7) is 2.32. The molecule has 1 N–H and O–H groups in total. The average Bonchev–Trinajstić information content (AvgIpc) is 2.30. The minimum Gasteiger partial charge on any atom is -0.508 e. The maximum Gasteiger partial charge on any atom is 0.115 e. The van der Waals surface area contributed by atoms with Crippen molar-refractivity contribution in [3.8, 4) is 5.75 Å². The number of benzene rings is 1. The van der Waals surface area contributed by atoms with Crippen LogP contribution in [-0.2, 0) is 0 Å². The van der Waals surface area contributed by atoms with E-state index in [9.17, 15) is 0 Å². The second-order valence-corrected chi connectivity index (χ2v) is 4.67. The summed E-state index contributed by atoms with van der Waals surface area (Å²) < 4.78 is 0. The Balaban J connectivity index is 2.08. The highest BCUT2D eigenvalue weighted by atomic mass is 16.3. The Kier molecular flexibility index (Phi) is 3.48. The molecule has 16 heavy (non-hydrogen) atoms. The molecule has 84 valence electrons. The van der Waals surface area contributed by atoms with E-state index in [0.29, 0.717) is 5.75 Å². The predicted molar refractivity (Wildman–Crippen MR) is 67.2 cm³/mol. The van der Waals surface area contributed by atoms with Gasteiger partial charge in [-0.1, -0.05) is 19.1 Å². The fourth-order valence-electron chi connectivity index (χ4n) is 2.01. The van der Waals surface area contributed by atoms with E-state index in [0.717, 1.165) is 11.5 Å². The van der Waals surface area contributed by atoms with Crippen LogP contribution in [0.2, 0.25) is 0 Å². The third-order valence-corrected chi connectivity index (χ3v) is 3.21. The zero-order chi connectivity index (χ0) is 11.4. The summed E-state index contributed by atoms with van der Waals surface area (Å²) in [6.07, 6.45) is 6.99. The smallest absolute Gasteiger partial charge is 0.115 e. The van der Waals surface area contributed by atoms with Gasteiger partial charge in [0.15, 0.2) is 0 Å². The van der Waals surface area contributed by atoms with Crippen molar-refractivity contribution in [3.63, 3.8) is 0 Å². The van der Waals surface area contributed by atoms with E-state index in [2.05, 4.69) is 12.7 Å². The van der Waals surface area contributed by atoms with Crippen molar-refractivity contribution >= 4 is 6.08 Å². The van der Waals surface area contributed by atoms with Gasteiger partial charge >= 0.3 is 0 Å². The van der Waals surface area contributed by atoms with Gasteiger partial charge in [0.1, 0.15) is 5.75 Å². The molecule has 1 aromatic rings. The molecule has 0 radical (unpaired) electrons. The number of phenols is 1. The van der Waals surface area contributed by atoms with Gasteiger partial charge in [0.2, 0.25) is 0 Å². The van der Waals surface area contributed by atoms with Crippen LogP contribution in [0.25, 0.3) is 6.08 Å². The second-order valence-electron chi connectivity index (χ2n) is 4.67. The molecule has 1 aliphatic carbocycles. The molecule has 0 heterocycles. The number of hydrogen-bond donors (Lipinski definition) is 1. The van der Waals surface area contributed by atoms with Crippen molar-refractivity contribution in [2.45, 2.75) is 32.6 Å². The third kappa shape index (κ3) is 3.01. The first kappa shape index (κ1) is 11.0. The lowest BCUT2D eigenvalue weighted by Gasteiger charge is -2.18. The van der Waals surface area contributed by atoms with Crippen molar-refractivity contribution in [1.82, 2.24) is 0 Å². The summed E-state index contributed by atoms with van der Waals surface area (Å²) in [4.78, 5) is 0. The Hall–Kier alpha value is -1.46. The van der Waals surface area contributed by atoms with Gasteiger partial charge in [-0.2, -0.15) is 0 Å². The van der Waals surface area contributed by atoms with Gasteiger partial charge in [-0.3, -0.25) is 0 Å². The van der Waals surface area contributed by atoms with Crippen LogP contribution in [0.15, 0.2) is 35.6 Å². The van der Waals surface area contributed by atoms with E-state index in [1.807, 2.05) is 18.2 Å². The van der Waals surface area contributed by atoms with E-state index in [-0.39, 0.29) is 0 Å². The average molecular weight is 214 g/mol. The van der Waals surface area contributed by atoms with Crippen LogP contribution in [-0.4, -0.2) is 5.11 Å². The number of phenolic OH excluding ortho intramolecular Hbond substituents is 1. The largest absolute Gasteiger partial charge is 0.508 e. The molecular weight excluding hydrogens is 196 g/mol. The minimum absolute atomic E-state index is 0.316. The van der Waals surface area contributed by atoms with Crippen LogP contribution in [0.4, 0.5) is 0 Å². The number of hydrogen-bond acceptors (Lipinski definition) is 1. The lowest BCUT2D eigenvalue weighted by Crippen LogP contribution is -2.02. The van der Waals surface area contributed by atoms with Gasteiger partial charge in [0.05, 0.1) is 0 Å². The monoisotopic (exact) mass is 214 g/mol. The van der Waals surface area contributed by atoms with E-state index in [1.54, 1.807) is 12.1 Å². The van der Waals surface area contributed by atoms with Crippen molar-refractivity contribution in [2.24, 2.45) is 5.92 Å². The third-order valence-electron chi connectivity index (χ3n) is 3.21. The van der Waals surface area contributed by atoms with E-state index < -0.39 is 0 Å². The lowest BCUT2D eigenvalue weighted by atomic mass is 9.87. The standard InChI is InChI=1S/C15H18O/c1-12-2-4-13(5-3-12)6-7-14-8-10-15(16)11-9-14/h7-12,16H,2-5H2,1H3. The summed E-state index contributed by atoms with van der Waals surface area (Å²) in [5.41, 5.74) is 5.93. The molecule has 0 aliphatic heterocycles. The Labute approximate surface area is 97.1 Å². The first-order chi connectivity index (χ1) is 7.74. The Morgan fingerprint density at radius 2 is 1.81 bits per heavy atom. The zero-order valence-corrected chi connectivity index (χ0v) is 9.74. The summed E-state index contributed by atoms with van der Waals surface area (Å²) in [5.74, 6) is 1.19. The quantitative estimate of drug-likeness (QED) is 0.696. The van der Waals surface area contributed by atoms with E-state index >= 15 is 0 Å². The minimum atomic E-state index is 0.316. The fraction of sp³-hybridized carbons (Fsp3) is 0.400. The van der Waals surface area contributed by atoms with Crippen LogP contribution in [0.1, 0.15) is 38.2 Å². The van der Waals surface area contributed by atoms with Crippen molar-refractivity contribution in [3.05, 3.63) is 41.1 Å². The van der Waals surface area contributed by atoms with Crippen molar-refractivity contribution < 1.29 is 5.11 Å². The molecule has 0 saturated heterocycles. The Bertz CT molecular complexity index is 398. The SMILES string of the molecule is CC1CCC(=C=Cc2ccc(O)cc2)CC1. The van der Waals surface area contributed by atoms with E-state index in [4.69, 9.17) is 5.11 Å². The van der Waals surface area contributed by atoms with Gasteiger partial charge in [-0.05, 0) is 60.9 Å². The molecule has 0 unspecified atom stereocenters. The molecule has 1 aliphatic rings. The number of rotatable bonds is 1. The van der Waals surface area contributed by atoms with Gasteiger partial charge in [0, 0.05) is 0 Å². The molecule has 1 aromatic carbocycles. The van der Waals surface area contributed by atoms with E-state index in [1.165, 1.54) is 31.3 Å². The summed E-state index contributed by atoms with van der Waals surface area (Å²) in [7, 11) is 0. The topological polar surface area (TPSA) is 20.2 Å². The molecule has 0 bridgehead atoms. The van der Waals surface area contributed by atoms with Crippen LogP contribution in [0.3, 0.4) is 0 Å². The molecule has 1 saturated carbocycles. The molecule has 0 aromatic heterocycles. The van der Waals surface area contributed by atoms with Gasteiger partial charge in [0.25, 0.3) is 0 Å². The maximum atomic E-state index is 9.16. The molecule has 1 nitrogen and oxygen atoms in total. The zero-order valence-electron chi connectivity index (χ0n) is 9.74. The van der Waals surface area contributed by atoms with Gasteiger partial charge < -0.3 is 5.11 Å². The summed E-state index contributed by atoms with van der Waals surface area (Å²) in [6, 6.07) is 7.24. The molecule has 0 atom stereocenters. The molecule has 2 rings (SSSR count). The number of allylic oxidation sites excluding steroid dienone is 1. The van der Waals surface area contributed by atoms with Crippen molar-refractivity contribution in [1.29, 1.82) is 0 Å². The van der Waals surface area contributed by atoms with Crippen molar-refractivity contribution in [2.75, 3.05) is 0 Å². The first-order valence-corrected chi connectivity index (χ1v) is 5.97. The highest BCUT2D eigenvalue weighted by Gasteiger charge is 2.11. The van der Waals surface area contributed by atoms with Crippen LogP contribution in [0.5, 0.6) is 5.75 Å². The normalized spacial score (nSPS) is 20.3. The highest BCUT2D eigenvalue weighted by molar-refractivity contribution is 5.50. The molecular formula is C15H18O. The molecule has 1 heteroatoms. The maximum absolute atomic E-state index is 9.16. The van der Waals surface area contributed by atoms with Gasteiger partial charge in [-0.25, -0.2) is 0 Å². The Morgan fingerprint density at radius 3 is 2.44 bits per heavy atom. The lowest BCUT2D eigenvalue weighted by molar-refractivity contribution is 0.444. The highest BCUT2D eigenvalue weighted by Crippen LogP contribution is 2.26. The molecule has 0 spiro atoms. The number of aromatic hydroxyl groups is 1. The molecule has 1 fully saturated rings. The van der Waals surface area contributed by atoms with Crippen LogP contribution in [0, 0.1) is 5.92 Å². The van der Waals surface area contributed by atoms with Crippen LogP contribution >= 0.6 is 0 Å².